The first kappa shape index (κ1) is 20.3. The molecule has 0 bridgehead atoms. The predicted molar refractivity (Wildman–Crippen MR) is 114 cm³/mol. The van der Waals surface area contributed by atoms with Crippen LogP contribution < -0.4 is 5.32 Å². The van der Waals surface area contributed by atoms with Gasteiger partial charge < -0.3 is 15.0 Å². The first-order valence-electron chi connectivity index (χ1n) is 8.76. The second-order valence-electron chi connectivity index (χ2n) is 6.36. The number of nitrogens with one attached hydrogen (secondary N) is 1. The van der Waals surface area contributed by atoms with Crippen LogP contribution in [0, 0.1) is 6.92 Å². The number of anilines is 1. The number of hydrogen-bond acceptors (Lipinski definition) is 6. The van der Waals surface area contributed by atoms with E-state index in [0.29, 0.717) is 16.6 Å². The lowest BCUT2D eigenvalue weighted by Crippen LogP contribution is -2.22. The highest BCUT2D eigenvalue weighted by atomic mass is 32.2. The average Bonchev–Trinajstić information content (AvgIpc) is 3.01. The summed E-state index contributed by atoms with van der Waals surface area (Å²) in [5.74, 6) is 1.52. The van der Waals surface area contributed by atoms with Gasteiger partial charge in [0, 0.05) is 23.7 Å². The summed E-state index contributed by atoms with van der Waals surface area (Å²) in [6, 6.07) is 14.9. The van der Waals surface area contributed by atoms with Gasteiger partial charge in [-0.2, -0.15) is 0 Å². The van der Waals surface area contributed by atoms with Gasteiger partial charge in [-0.3, -0.25) is 4.79 Å². The van der Waals surface area contributed by atoms with E-state index in [4.69, 9.17) is 0 Å². The fraction of sp³-hybridized carbons (Fsp3) is 0.250. The summed E-state index contributed by atoms with van der Waals surface area (Å²) in [4.78, 5) is 13.6. The van der Waals surface area contributed by atoms with Crippen molar-refractivity contribution < 1.29 is 9.90 Å². The van der Waals surface area contributed by atoms with Crippen LogP contribution in [0.15, 0.2) is 58.6 Å². The van der Waals surface area contributed by atoms with Gasteiger partial charge >= 0.3 is 0 Å². The standard InChI is InChI=1S/C20H22N4O2S2/c1-13-7-9-17(10-8-13)27-12-18-22-23-20(24(18)3)28-14(2)19(26)21-15-5-4-6-16(25)11-15/h4-11,14,25H,12H2,1-3H3,(H,21,26). The molecule has 1 unspecified atom stereocenters. The monoisotopic (exact) mass is 414 g/mol. The fourth-order valence-corrected chi connectivity index (χ4v) is 4.10. The van der Waals surface area contributed by atoms with E-state index in [-0.39, 0.29) is 16.9 Å². The molecule has 2 aromatic carbocycles. The number of phenolic OH excluding ortho intramolecular Hbond substituents is 1. The lowest BCUT2D eigenvalue weighted by Gasteiger charge is -2.12. The number of phenols is 1. The Balaban J connectivity index is 1.58. The Morgan fingerprint density at radius 2 is 1.96 bits per heavy atom. The number of aryl methyl sites for hydroxylation is 1. The predicted octanol–water partition coefficient (Wildman–Crippen LogP) is 4.24. The van der Waals surface area contributed by atoms with E-state index in [1.807, 2.05) is 18.5 Å². The Hall–Kier alpha value is -2.45. The first-order valence-corrected chi connectivity index (χ1v) is 10.6. The molecule has 0 saturated carbocycles. The van der Waals surface area contributed by atoms with E-state index in [1.165, 1.54) is 28.3 Å². The summed E-state index contributed by atoms with van der Waals surface area (Å²) in [5, 5.41) is 21.1. The quantitative estimate of drug-likeness (QED) is 0.563. The normalized spacial score (nSPS) is 12.0. The van der Waals surface area contributed by atoms with Gasteiger partial charge in [0.05, 0.1) is 11.0 Å². The Morgan fingerprint density at radius 3 is 2.68 bits per heavy atom. The van der Waals surface area contributed by atoms with Crippen LogP contribution in [0.3, 0.4) is 0 Å². The molecule has 1 amide bonds. The van der Waals surface area contributed by atoms with Crippen LogP contribution in [0.2, 0.25) is 0 Å². The highest BCUT2D eigenvalue weighted by Crippen LogP contribution is 2.26. The number of nitrogens with zero attached hydrogens (tertiary/aromatic N) is 3. The smallest absolute Gasteiger partial charge is 0.237 e. The molecule has 146 valence electrons. The highest BCUT2D eigenvalue weighted by Gasteiger charge is 2.19. The SMILES string of the molecule is Cc1ccc(SCc2nnc(SC(C)C(=O)Nc3cccc(O)c3)n2C)cc1. The number of aromatic hydroxyl groups is 1. The van der Waals surface area contributed by atoms with Crippen LogP contribution in [0.1, 0.15) is 18.3 Å². The first-order chi connectivity index (χ1) is 13.4. The van der Waals surface area contributed by atoms with E-state index in [1.54, 1.807) is 30.0 Å². The summed E-state index contributed by atoms with van der Waals surface area (Å²) < 4.78 is 1.92. The van der Waals surface area contributed by atoms with E-state index >= 15 is 0 Å². The van der Waals surface area contributed by atoms with Crippen molar-refractivity contribution >= 4 is 35.1 Å². The summed E-state index contributed by atoms with van der Waals surface area (Å²) in [6.45, 7) is 3.89. The zero-order chi connectivity index (χ0) is 20.1. The number of thioether (sulfide) groups is 2. The number of rotatable bonds is 7. The molecule has 0 aliphatic rings. The summed E-state index contributed by atoms with van der Waals surface area (Å²) in [5.41, 5.74) is 1.80. The van der Waals surface area contributed by atoms with Crippen molar-refractivity contribution in [1.82, 2.24) is 14.8 Å². The van der Waals surface area contributed by atoms with Gasteiger partial charge in [0.25, 0.3) is 0 Å². The molecule has 1 atom stereocenters. The zero-order valence-electron chi connectivity index (χ0n) is 15.9. The van der Waals surface area contributed by atoms with E-state index in [0.717, 1.165) is 5.82 Å². The maximum atomic E-state index is 12.4. The molecular formula is C20H22N4O2S2. The topological polar surface area (TPSA) is 80.0 Å². The van der Waals surface area contributed by atoms with Crippen molar-refractivity contribution in [2.75, 3.05) is 5.32 Å². The molecule has 1 aromatic heterocycles. The van der Waals surface area contributed by atoms with Gasteiger partial charge in [-0.25, -0.2) is 0 Å². The lowest BCUT2D eigenvalue weighted by atomic mass is 10.2. The number of carbonyl (C=O) groups excluding carboxylic acids is 1. The van der Waals surface area contributed by atoms with Gasteiger partial charge in [-0.1, -0.05) is 35.5 Å². The van der Waals surface area contributed by atoms with Crippen molar-refractivity contribution in [1.29, 1.82) is 0 Å². The molecule has 6 nitrogen and oxygen atoms in total. The van der Waals surface area contributed by atoms with E-state index in [2.05, 4.69) is 46.7 Å². The van der Waals surface area contributed by atoms with Crippen LogP contribution in [-0.4, -0.2) is 31.0 Å². The molecule has 0 aliphatic heterocycles. The lowest BCUT2D eigenvalue weighted by molar-refractivity contribution is -0.115. The minimum Gasteiger partial charge on any atom is -0.508 e. The molecule has 3 rings (SSSR count). The molecule has 0 fully saturated rings. The molecular weight excluding hydrogens is 392 g/mol. The minimum atomic E-state index is -0.358. The Bertz CT molecular complexity index is 957. The van der Waals surface area contributed by atoms with Crippen molar-refractivity contribution in [3.8, 4) is 5.75 Å². The molecule has 0 aliphatic carbocycles. The van der Waals surface area contributed by atoms with Gasteiger partial charge in [-0.05, 0) is 38.1 Å². The second-order valence-corrected chi connectivity index (χ2v) is 8.72. The Kier molecular flexibility index (Phi) is 6.64. The van der Waals surface area contributed by atoms with E-state index < -0.39 is 0 Å². The fourth-order valence-electron chi connectivity index (χ4n) is 2.39. The summed E-state index contributed by atoms with van der Waals surface area (Å²) in [7, 11) is 1.91. The van der Waals surface area contributed by atoms with Crippen LogP contribution in [0.25, 0.3) is 0 Å². The molecule has 3 aromatic rings. The van der Waals surface area contributed by atoms with E-state index in [9.17, 15) is 9.90 Å². The third kappa shape index (κ3) is 5.30. The number of amides is 1. The molecule has 0 radical (unpaired) electrons. The van der Waals surface area contributed by atoms with Crippen molar-refractivity contribution in [3.63, 3.8) is 0 Å². The van der Waals surface area contributed by atoms with Crippen molar-refractivity contribution in [2.24, 2.45) is 7.05 Å². The van der Waals surface area contributed by atoms with Crippen LogP contribution in [0.5, 0.6) is 5.75 Å². The number of aromatic nitrogens is 3. The number of benzene rings is 2. The van der Waals surface area contributed by atoms with Gasteiger partial charge in [0.2, 0.25) is 5.91 Å². The van der Waals surface area contributed by atoms with Gasteiger partial charge in [0.1, 0.15) is 11.6 Å². The highest BCUT2D eigenvalue weighted by molar-refractivity contribution is 8.00. The maximum Gasteiger partial charge on any atom is 0.237 e. The molecule has 0 spiro atoms. The molecule has 1 heterocycles. The second kappa shape index (κ2) is 9.16. The molecule has 28 heavy (non-hydrogen) atoms. The van der Waals surface area contributed by atoms with Crippen LogP contribution in [0.4, 0.5) is 5.69 Å². The largest absolute Gasteiger partial charge is 0.508 e. The van der Waals surface area contributed by atoms with Crippen LogP contribution in [-0.2, 0) is 17.6 Å². The number of carbonyl (C=O) groups is 1. The Labute approximate surface area is 172 Å². The maximum absolute atomic E-state index is 12.4. The van der Waals surface area contributed by atoms with Crippen molar-refractivity contribution in [2.45, 2.75) is 34.9 Å². The zero-order valence-corrected chi connectivity index (χ0v) is 17.5. The average molecular weight is 415 g/mol. The number of hydrogen-bond donors (Lipinski definition) is 2. The van der Waals surface area contributed by atoms with Gasteiger partial charge in [-0.15, -0.1) is 22.0 Å². The molecule has 0 saturated heterocycles. The van der Waals surface area contributed by atoms with Crippen LogP contribution >= 0.6 is 23.5 Å². The minimum absolute atomic E-state index is 0.113. The van der Waals surface area contributed by atoms with Crippen molar-refractivity contribution in [3.05, 3.63) is 59.9 Å². The molecule has 8 heteroatoms. The van der Waals surface area contributed by atoms with Gasteiger partial charge in [0.15, 0.2) is 5.16 Å². The molecule has 2 N–H and O–H groups in total. The third-order valence-corrected chi connectivity index (χ3v) is 6.22. The third-order valence-electron chi connectivity index (χ3n) is 4.08. The Morgan fingerprint density at radius 1 is 1.21 bits per heavy atom. The summed E-state index contributed by atoms with van der Waals surface area (Å²) >= 11 is 3.05. The summed E-state index contributed by atoms with van der Waals surface area (Å²) in [6.07, 6.45) is 0.